The fourth-order valence-electron chi connectivity index (χ4n) is 6.10. The van der Waals surface area contributed by atoms with Gasteiger partial charge in [0.2, 0.25) is 5.88 Å². The van der Waals surface area contributed by atoms with Crippen LogP contribution in [0.3, 0.4) is 0 Å². The third kappa shape index (κ3) is 6.53. The molecule has 2 aliphatic carbocycles. The molecule has 0 saturated heterocycles. The minimum atomic E-state index is -4.70. The molecular formula is C30H31F5N4O6. The molecule has 1 fully saturated rings. The lowest BCUT2D eigenvalue weighted by Crippen LogP contribution is -2.29. The van der Waals surface area contributed by atoms with Crippen molar-refractivity contribution in [2.45, 2.75) is 89.6 Å². The zero-order chi connectivity index (χ0) is 31.9. The van der Waals surface area contributed by atoms with Gasteiger partial charge in [0.25, 0.3) is 0 Å². The Bertz CT molecular complexity index is 1560. The molecule has 0 spiro atoms. The van der Waals surface area contributed by atoms with Gasteiger partial charge in [0.1, 0.15) is 12.2 Å². The fourth-order valence-corrected chi connectivity index (χ4v) is 6.10. The van der Waals surface area contributed by atoms with Crippen molar-refractivity contribution >= 4 is 5.97 Å². The van der Waals surface area contributed by atoms with Crippen LogP contribution in [0.4, 0.5) is 22.0 Å². The van der Waals surface area contributed by atoms with E-state index in [1.165, 1.54) is 35.1 Å². The van der Waals surface area contributed by atoms with E-state index >= 15 is 0 Å². The van der Waals surface area contributed by atoms with Crippen LogP contribution in [0.5, 0.6) is 17.4 Å². The van der Waals surface area contributed by atoms with Gasteiger partial charge in [0.15, 0.2) is 17.2 Å². The molecule has 2 atom stereocenters. The van der Waals surface area contributed by atoms with Gasteiger partial charge in [-0.25, -0.2) is 4.68 Å². The van der Waals surface area contributed by atoms with Gasteiger partial charge >= 0.3 is 18.4 Å². The van der Waals surface area contributed by atoms with Crippen LogP contribution in [0.1, 0.15) is 87.1 Å². The van der Waals surface area contributed by atoms with Crippen LogP contribution in [-0.4, -0.2) is 45.0 Å². The van der Waals surface area contributed by atoms with Crippen molar-refractivity contribution in [1.29, 1.82) is 0 Å². The standard InChI is InChI=1S/C30H31F5N4O6/c1-3-41-28(40)17-7-10-20(11-8-17)43-23-6-4-5-21-26(23)39(38-27(21)29(31,32)33)19-14-25(37-36-15-19)42-16(2)18-9-12-22-24(13-18)45-30(34,35)44-22/h9,12-17,20,23H,3-8,10-11H2,1-2H3/t16-,17?,20?,23-/m1/s1. The molecule has 242 valence electrons. The molecule has 1 aliphatic heterocycles. The van der Waals surface area contributed by atoms with Crippen molar-refractivity contribution < 1.29 is 50.4 Å². The lowest BCUT2D eigenvalue weighted by atomic mass is 9.86. The summed E-state index contributed by atoms with van der Waals surface area (Å²) in [4.78, 5) is 12.2. The minimum Gasteiger partial charge on any atom is -0.469 e. The van der Waals surface area contributed by atoms with Gasteiger partial charge in [-0.3, -0.25) is 4.79 Å². The number of aromatic nitrogens is 4. The molecule has 0 amide bonds. The summed E-state index contributed by atoms with van der Waals surface area (Å²) in [6.07, 6.45) is -5.31. The number of nitrogens with zero attached hydrogens (tertiary/aromatic N) is 4. The number of alkyl halides is 5. The second-order valence-electron chi connectivity index (χ2n) is 11.3. The number of carbonyl (C=O) groups excluding carboxylic acids is 1. The van der Waals surface area contributed by atoms with Gasteiger partial charge in [-0.2, -0.15) is 23.4 Å². The summed E-state index contributed by atoms with van der Waals surface area (Å²) >= 11 is 0. The van der Waals surface area contributed by atoms with Crippen LogP contribution in [0.15, 0.2) is 30.5 Å². The smallest absolute Gasteiger partial charge is 0.469 e. The highest BCUT2D eigenvalue weighted by Crippen LogP contribution is 2.44. The Hall–Kier alpha value is -4.01. The van der Waals surface area contributed by atoms with E-state index in [0.29, 0.717) is 56.4 Å². The fraction of sp³-hybridized carbons (Fsp3) is 0.533. The van der Waals surface area contributed by atoms with Crippen molar-refractivity contribution in [3.05, 3.63) is 53.0 Å². The Kier molecular flexibility index (Phi) is 8.31. The van der Waals surface area contributed by atoms with E-state index in [1.807, 2.05) is 0 Å². The average Bonchev–Trinajstić information content (AvgIpc) is 3.54. The number of benzene rings is 1. The van der Waals surface area contributed by atoms with Crippen LogP contribution in [0.2, 0.25) is 0 Å². The summed E-state index contributed by atoms with van der Waals surface area (Å²) in [7, 11) is 0. The monoisotopic (exact) mass is 638 g/mol. The zero-order valence-electron chi connectivity index (χ0n) is 24.5. The van der Waals surface area contributed by atoms with Gasteiger partial charge in [0, 0.05) is 11.6 Å². The number of esters is 1. The van der Waals surface area contributed by atoms with Crippen LogP contribution in [0, 0.1) is 5.92 Å². The summed E-state index contributed by atoms with van der Waals surface area (Å²) in [6.45, 7) is 3.70. The Morgan fingerprint density at radius 1 is 1.11 bits per heavy atom. The van der Waals surface area contributed by atoms with Gasteiger partial charge < -0.3 is 23.7 Å². The number of ether oxygens (including phenoxy) is 5. The first-order chi connectivity index (χ1) is 21.4. The van der Waals surface area contributed by atoms with Crippen LogP contribution in [-0.2, 0) is 26.9 Å². The van der Waals surface area contributed by atoms with Crippen molar-refractivity contribution in [1.82, 2.24) is 20.0 Å². The van der Waals surface area contributed by atoms with Gasteiger partial charge in [-0.15, -0.1) is 13.9 Å². The lowest BCUT2D eigenvalue weighted by Gasteiger charge is -2.32. The van der Waals surface area contributed by atoms with E-state index in [-0.39, 0.29) is 53.0 Å². The molecule has 0 unspecified atom stereocenters. The van der Waals surface area contributed by atoms with Crippen molar-refractivity contribution in [2.75, 3.05) is 6.61 Å². The highest BCUT2D eigenvalue weighted by Gasteiger charge is 2.44. The number of halogens is 5. The van der Waals surface area contributed by atoms with Crippen LogP contribution >= 0.6 is 0 Å². The number of hydrogen-bond acceptors (Lipinski definition) is 9. The normalized spacial score (nSPS) is 22.9. The molecule has 1 aromatic carbocycles. The van der Waals surface area contributed by atoms with Crippen LogP contribution < -0.4 is 14.2 Å². The first-order valence-corrected chi connectivity index (χ1v) is 14.8. The van der Waals surface area contributed by atoms with Gasteiger partial charge in [0.05, 0.1) is 36.2 Å². The number of fused-ring (bicyclic) bond motifs is 2. The summed E-state index contributed by atoms with van der Waals surface area (Å²) in [6, 6.07) is 5.60. The summed E-state index contributed by atoms with van der Waals surface area (Å²) in [5.41, 5.74) is 0.0326. The quantitative estimate of drug-likeness (QED) is 0.198. The summed E-state index contributed by atoms with van der Waals surface area (Å²) < 4.78 is 97.0. The molecule has 3 heterocycles. The first kappa shape index (κ1) is 31.0. The molecule has 10 nitrogen and oxygen atoms in total. The third-order valence-electron chi connectivity index (χ3n) is 8.20. The second-order valence-corrected chi connectivity index (χ2v) is 11.3. The largest absolute Gasteiger partial charge is 0.586 e. The van der Waals surface area contributed by atoms with E-state index < -0.39 is 30.4 Å². The molecule has 3 aromatic rings. The minimum absolute atomic E-state index is 0.0219. The zero-order valence-corrected chi connectivity index (χ0v) is 24.5. The average molecular weight is 639 g/mol. The van der Waals surface area contributed by atoms with Crippen molar-refractivity contribution in [3.63, 3.8) is 0 Å². The van der Waals surface area contributed by atoms with Crippen molar-refractivity contribution in [3.8, 4) is 23.1 Å². The highest BCUT2D eigenvalue weighted by molar-refractivity contribution is 5.72. The maximum atomic E-state index is 14.2. The molecule has 1 saturated carbocycles. The van der Waals surface area contributed by atoms with Crippen molar-refractivity contribution in [2.24, 2.45) is 5.92 Å². The Morgan fingerprint density at radius 3 is 2.60 bits per heavy atom. The maximum Gasteiger partial charge on any atom is 0.586 e. The topological polar surface area (TPSA) is 107 Å². The molecule has 6 rings (SSSR count). The van der Waals surface area contributed by atoms with Gasteiger partial charge in [-0.05, 0) is 76.5 Å². The predicted molar refractivity (Wildman–Crippen MR) is 145 cm³/mol. The van der Waals surface area contributed by atoms with Gasteiger partial charge in [-0.1, -0.05) is 6.07 Å². The Balaban J connectivity index is 1.24. The number of rotatable bonds is 8. The SMILES string of the molecule is CCOC(=O)C1CCC(O[C@@H]2CCCc3c(C(F)(F)F)nn(-c4cnnc(O[C@H](C)c5ccc6c(c5)OC(F)(F)O6)c4)c32)CC1. The maximum absolute atomic E-state index is 14.2. The first-order valence-electron chi connectivity index (χ1n) is 14.8. The van der Waals surface area contributed by atoms with E-state index in [0.717, 1.165) is 0 Å². The van der Waals surface area contributed by atoms with E-state index in [1.54, 1.807) is 13.8 Å². The molecule has 0 radical (unpaired) electrons. The predicted octanol–water partition coefficient (Wildman–Crippen LogP) is 6.66. The highest BCUT2D eigenvalue weighted by atomic mass is 19.4. The number of hydrogen-bond donors (Lipinski definition) is 0. The molecule has 45 heavy (non-hydrogen) atoms. The molecular weight excluding hydrogens is 607 g/mol. The molecule has 15 heteroatoms. The summed E-state index contributed by atoms with van der Waals surface area (Å²) in [5, 5.41) is 11.9. The Morgan fingerprint density at radius 2 is 1.87 bits per heavy atom. The lowest BCUT2D eigenvalue weighted by molar-refractivity contribution is -0.286. The van der Waals surface area contributed by atoms with E-state index in [4.69, 9.17) is 14.2 Å². The molecule has 0 bridgehead atoms. The van der Waals surface area contributed by atoms with E-state index in [2.05, 4.69) is 24.8 Å². The second kappa shape index (κ2) is 12.1. The molecule has 0 N–H and O–H groups in total. The van der Waals surface area contributed by atoms with Crippen LogP contribution in [0.25, 0.3) is 5.69 Å². The molecule has 2 aromatic heterocycles. The Labute approximate surface area is 254 Å². The summed E-state index contributed by atoms with van der Waals surface area (Å²) in [5.74, 6) is -0.745. The number of carbonyl (C=O) groups is 1. The van der Waals surface area contributed by atoms with E-state index in [9.17, 15) is 26.7 Å². The molecule has 3 aliphatic rings. The third-order valence-corrected chi connectivity index (χ3v) is 8.20.